The predicted molar refractivity (Wildman–Crippen MR) is 278 cm³/mol. The Morgan fingerprint density at radius 3 is 2.04 bits per heavy atom. The molecule has 21 nitrogen and oxygen atoms in total. The van der Waals surface area contributed by atoms with E-state index in [2.05, 4.69) is 16.0 Å². The van der Waals surface area contributed by atoms with Crippen LogP contribution in [0.5, 0.6) is 0 Å². The Morgan fingerprint density at radius 1 is 0.800 bits per heavy atom. The molecule has 0 aliphatic rings. The summed E-state index contributed by atoms with van der Waals surface area (Å²) in [4.78, 5) is 87.3. The number of thioether (sulfide) groups is 2. The van der Waals surface area contributed by atoms with Crippen molar-refractivity contribution in [3.8, 4) is 11.1 Å². The number of nitrogens with two attached hydrogens (primary N) is 2. The SMILES string of the molecule is CC(C)(C)C(c1cc(-c2cc(F)ccc2F)cn1Cc1ccccc1)N(CCCN)C(=O)CSCC(NC(=O)CCOCCOCCOCCOCCNC(=O)CNC(=O)C(CC(=O)O)SCC(N)C(=O)O)C(=O)O. The summed E-state index contributed by atoms with van der Waals surface area (Å²) in [5.41, 5.74) is 12.9. The van der Waals surface area contributed by atoms with E-state index in [4.69, 9.17) is 40.6 Å². The number of nitrogens with one attached hydrogen (secondary N) is 3. The van der Waals surface area contributed by atoms with Gasteiger partial charge in [0, 0.05) is 60.6 Å². The van der Waals surface area contributed by atoms with Gasteiger partial charge in [0.05, 0.1) is 82.9 Å². The van der Waals surface area contributed by atoms with Crippen LogP contribution in [0.4, 0.5) is 8.78 Å². The molecule has 10 N–H and O–H groups in total. The zero-order chi connectivity index (χ0) is 55.3. The molecule has 0 radical (unpaired) electrons. The van der Waals surface area contributed by atoms with Gasteiger partial charge in [-0.25, -0.2) is 13.6 Å². The van der Waals surface area contributed by atoms with E-state index in [0.717, 1.165) is 47.3 Å². The molecule has 25 heteroatoms. The molecule has 3 aromatic rings. The fourth-order valence-corrected chi connectivity index (χ4v) is 9.27. The highest BCUT2D eigenvalue weighted by Crippen LogP contribution is 2.41. The smallest absolute Gasteiger partial charge is 0.327 e. The van der Waals surface area contributed by atoms with Crippen molar-refractivity contribution in [2.24, 2.45) is 16.9 Å². The second-order valence-corrected chi connectivity index (χ2v) is 20.3. The highest BCUT2D eigenvalue weighted by molar-refractivity contribution is 8.00. The summed E-state index contributed by atoms with van der Waals surface area (Å²) in [5, 5.41) is 34.1. The van der Waals surface area contributed by atoms with Crippen molar-refractivity contribution in [1.29, 1.82) is 0 Å². The van der Waals surface area contributed by atoms with Crippen molar-refractivity contribution in [2.75, 3.05) is 96.3 Å². The fraction of sp³-hybridized carbons (Fsp3) is 0.540. The molecule has 4 atom stereocenters. The first-order valence-corrected chi connectivity index (χ1v) is 26.4. The molecule has 0 saturated heterocycles. The van der Waals surface area contributed by atoms with Crippen molar-refractivity contribution < 1.29 is 76.6 Å². The second-order valence-electron chi connectivity index (χ2n) is 18.0. The number of aliphatic carboxylic acids is 3. The summed E-state index contributed by atoms with van der Waals surface area (Å²) in [6.07, 6.45) is 1.52. The van der Waals surface area contributed by atoms with Gasteiger partial charge in [0.15, 0.2) is 0 Å². The number of ether oxygens (including phenoxy) is 4. The summed E-state index contributed by atoms with van der Waals surface area (Å²) >= 11 is 1.83. The number of carbonyl (C=O) groups is 7. The van der Waals surface area contributed by atoms with Crippen LogP contribution >= 0.6 is 23.5 Å². The van der Waals surface area contributed by atoms with E-state index >= 15 is 4.39 Å². The lowest BCUT2D eigenvalue weighted by molar-refractivity contribution is -0.141. The first-order valence-electron chi connectivity index (χ1n) is 24.2. The van der Waals surface area contributed by atoms with Crippen LogP contribution in [0.1, 0.15) is 57.3 Å². The zero-order valence-corrected chi connectivity index (χ0v) is 44.1. The molecule has 4 amide bonds. The highest BCUT2D eigenvalue weighted by atomic mass is 32.2. The average molecular weight is 1100 g/mol. The van der Waals surface area contributed by atoms with E-state index in [1.165, 1.54) is 0 Å². The molecule has 1 heterocycles. The second kappa shape index (κ2) is 34.1. The molecule has 0 bridgehead atoms. The number of amides is 4. The number of nitrogens with zero attached hydrogens (tertiary/aromatic N) is 2. The minimum absolute atomic E-state index is 0.00185. The van der Waals surface area contributed by atoms with Gasteiger partial charge < -0.3 is 71.2 Å². The van der Waals surface area contributed by atoms with E-state index in [9.17, 15) is 43.1 Å². The topological polar surface area (TPSA) is 313 Å². The number of carboxylic acid groups (broad SMARTS) is 3. The fourth-order valence-electron chi connectivity index (χ4n) is 7.27. The van der Waals surface area contributed by atoms with Crippen LogP contribution in [-0.2, 0) is 59.1 Å². The Labute approximate surface area is 443 Å². The molecule has 4 unspecified atom stereocenters. The van der Waals surface area contributed by atoms with Gasteiger partial charge in [0.25, 0.3) is 0 Å². The molecule has 0 aliphatic heterocycles. The number of carboxylic acids is 3. The minimum Gasteiger partial charge on any atom is -0.481 e. The molecule has 0 fully saturated rings. The number of aromatic nitrogens is 1. The van der Waals surface area contributed by atoms with Crippen molar-refractivity contribution >= 4 is 65.1 Å². The van der Waals surface area contributed by atoms with Crippen LogP contribution in [-0.4, -0.2) is 180 Å². The van der Waals surface area contributed by atoms with E-state index < -0.39 is 89.0 Å². The molecule has 2 aromatic carbocycles. The molecule has 0 spiro atoms. The van der Waals surface area contributed by atoms with E-state index in [-0.39, 0.29) is 101 Å². The van der Waals surface area contributed by atoms with E-state index in [1.54, 1.807) is 17.2 Å². The third kappa shape index (κ3) is 24.3. The van der Waals surface area contributed by atoms with Crippen LogP contribution < -0.4 is 27.4 Å². The summed E-state index contributed by atoms with van der Waals surface area (Å²) in [7, 11) is 0. The molecule has 1 aromatic heterocycles. The normalized spacial score (nSPS) is 13.1. The lowest BCUT2D eigenvalue weighted by Crippen LogP contribution is -2.45. The Morgan fingerprint density at radius 2 is 1.44 bits per heavy atom. The third-order valence-corrected chi connectivity index (χ3v) is 13.2. The van der Waals surface area contributed by atoms with Gasteiger partial charge in [-0.3, -0.25) is 28.8 Å². The molecular weight excluding hydrogens is 1020 g/mol. The predicted octanol–water partition coefficient (Wildman–Crippen LogP) is 2.73. The van der Waals surface area contributed by atoms with Crippen LogP contribution in [0.3, 0.4) is 0 Å². The standard InChI is InChI=1S/C50H71F2N7O14S2/c1-50(2,3)46(40-24-34(36-25-35(51)10-11-37(36)52)29-58(40)28-33-8-5-4-6-9-33)59(15-7-13-53)44(62)32-74-31-39(49(68)69)57-42(60)12-16-70-18-20-72-22-23-73-21-19-71-17-14-55-43(61)27-56-47(65)41(26-45(63)64)75-30-38(54)48(66)67/h4-6,8-11,24-25,29,38-39,41,46H,7,12-23,26-28,30-32,53-54H2,1-3H3,(H,55,61)(H,56,65)(H,57,60)(H,63,64)(H,66,67)(H,68,69). The number of hydrogen-bond donors (Lipinski definition) is 8. The van der Waals surface area contributed by atoms with Crippen LogP contribution in [0.15, 0.2) is 60.8 Å². The van der Waals surface area contributed by atoms with Gasteiger partial charge in [0.1, 0.15) is 23.7 Å². The maximum Gasteiger partial charge on any atom is 0.327 e. The van der Waals surface area contributed by atoms with Crippen molar-refractivity contribution in [3.63, 3.8) is 0 Å². The average Bonchev–Trinajstić information content (AvgIpc) is 3.76. The van der Waals surface area contributed by atoms with E-state index in [1.807, 2.05) is 55.7 Å². The van der Waals surface area contributed by atoms with Crippen LogP contribution in [0, 0.1) is 17.0 Å². The maximum atomic E-state index is 15.2. The van der Waals surface area contributed by atoms with Gasteiger partial charge in [-0.05, 0) is 48.2 Å². The quantitative estimate of drug-likeness (QED) is 0.0383. The Balaban J connectivity index is 1.36. The summed E-state index contributed by atoms with van der Waals surface area (Å²) in [6.45, 7) is 8.03. The van der Waals surface area contributed by atoms with Crippen molar-refractivity contribution in [2.45, 2.75) is 70.0 Å². The van der Waals surface area contributed by atoms with Crippen molar-refractivity contribution in [3.05, 3.63) is 83.7 Å². The van der Waals surface area contributed by atoms with E-state index in [0.29, 0.717) is 30.8 Å². The first-order chi connectivity index (χ1) is 35.7. The molecule has 0 saturated carbocycles. The van der Waals surface area contributed by atoms with Crippen molar-refractivity contribution in [1.82, 2.24) is 25.4 Å². The third-order valence-electron chi connectivity index (χ3n) is 10.9. The summed E-state index contributed by atoms with van der Waals surface area (Å²) in [5.74, 6) is -7.57. The molecule has 3 rings (SSSR count). The molecular formula is C50H71F2N7O14S2. The number of rotatable bonds is 38. The Hall–Kier alpha value is -5.67. The Bertz CT molecular complexity index is 2290. The van der Waals surface area contributed by atoms with Gasteiger partial charge in [-0.15, -0.1) is 23.5 Å². The first kappa shape index (κ1) is 63.6. The summed E-state index contributed by atoms with van der Waals surface area (Å²) in [6, 6.07) is 11.5. The van der Waals surface area contributed by atoms with Crippen LogP contribution in [0.25, 0.3) is 11.1 Å². The monoisotopic (exact) mass is 1100 g/mol. The molecule has 0 aliphatic carbocycles. The Kier molecular flexibility index (Phi) is 28.9. The lowest BCUT2D eigenvalue weighted by Gasteiger charge is -2.41. The maximum absolute atomic E-state index is 15.2. The number of halogens is 2. The summed E-state index contributed by atoms with van der Waals surface area (Å²) < 4.78 is 53.3. The van der Waals surface area contributed by atoms with Gasteiger partial charge >= 0.3 is 17.9 Å². The minimum atomic E-state index is -1.29. The van der Waals surface area contributed by atoms with Gasteiger partial charge in [-0.1, -0.05) is 51.1 Å². The van der Waals surface area contributed by atoms with Crippen LogP contribution in [0.2, 0.25) is 0 Å². The van der Waals surface area contributed by atoms with Gasteiger partial charge in [0.2, 0.25) is 23.6 Å². The zero-order valence-electron chi connectivity index (χ0n) is 42.5. The molecule has 416 valence electrons. The molecule has 75 heavy (non-hydrogen) atoms. The highest BCUT2D eigenvalue weighted by Gasteiger charge is 2.37. The largest absolute Gasteiger partial charge is 0.481 e. The number of carbonyl (C=O) groups excluding carboxylic acids is 4. The van der Waals surface area contributed by atoms with Gasteiger partial charge in [-0.2, -0.15) is 0 Å². The number of hydrogen-bond acceptors (Lipinski definition) is 15. The number of benzene rings is 2. The lowest BCUT2D eigenvalue weighted by atomic mass is 9.83.